The minimum atomic E-state index is -0.397. The van der Waals surface area contributed by atoms with Crippen LogP contribution in [0.25, 0.3) is 0 Å². The summed E-state index contributed by atoms with van der Waals surface area (Å²) in [4.78, 5) is 11.7. The van der Waals surface area contributed by atoms with Crippen LogP contribution >= 0.6 is 11.6 Å². The van der Waals surface area contributed by atoms with E-state index in [4.69, 9.17) is 25.8 Å². The Morgan fingerprint density at radius 3 is 2.58 bits per heavy atom. The molecule has 0 radical (unpaired) electrons. The third-order valence-corrected chi connectivity index (χ3v) is 3.32. The van der Waals surface area contributed by atoms with Crippen molar-refractivity contribution < 1.29 is 19.0 Å². The lowest BCUT2D eigenvalue weighted by molar-refractivity contribution is -0.123. The highest BCUT2D eigenvalue weighted by Crippen LogP contribution is 2.26. The Morgan fingerprint density at radius 2 is 1.88 bits per heavy atom. The van der Waals surface area contributed by atoms with E-state index in [1.54, 1.807) is 56.7 Å². The van der Waals surface area contributed by atoms with Gasteiger partial charge in [0.1, 0.15) is 5.75 Å². The summed E-state index contributed by atoms with van der Waals surface area (Å²) in [6.45, 7) is -0.187. The van der Waals surface area contributed by atoms with Crippen LogP contribution in [0.4, 0.5) is 0 Å². The van der Waals surface area contributed by atoms with E-state index in [-0.39, 0.29) is 6.61 Å². The van der Waals surface area contributed by atoms with Crippen LogP contribution in [-0.2, 0) is 4.79 Å². The second kappa shape index (κ2) is 8.79. The minimum absolute atomic E-state index is 0.187. The second-order valence-corrected chi connectivity index (χ2v) is 5.03. The van der Waals surface area contributed by atoms with Crippen LogP contribution in [0.1, 0.15) is 5.56 Å². The molecule has 6 nitrogen and oxygen atoms in total. The molecule has 0 spiro atoms. The first kappa shape index (κ1) is 17.6. The number of para-hydroxylation sites is 1. The molecule has 0 aromatic heterocycles. The van der Waals surface area contributed by atoms with E-state index in [0.717, 1.165) is 5.56 Å². The molecule has 0 aliphatic rings. The number of methoxy groups -OCH3 is 2. The summed E-state index contributed by atoms with van der Waals surface area (Å²) >= 11 is 5.94. The average molecular weight is 349 g/mol. The van der Waals surface area contributed by atoms with Gasteiger partial charge in [0.05, 0.1) is 25.5 Å². The second-order valence-electron chi connectivity index (χ2n) is 4.63. The Labute approximate surface area is 145 Å². The first-order valence-electron chi connectivity index (χ1n) is 7.05. The Hall–Kier alpha value is -2.73. The molecule has 0 unspecified atom stereocenters. The van der Waals surface area contributed by atoms with E-state index in [1.807, 2.05) is 0 Å². The summed E-state index contributed by atoms with van der Waals surface area (Å²) < 4.78 is 15.7. The summed E-state index contributed by atoms with van der Waals surface area (Å²) in [5.74, 6) is 1.24. The highest BCUT2D eigenvalue weighted by atomic mass is 35.5. The number of nitrogens with one attached hydrogen (secondary N) is 1. The van der Waals surface area contributed by atoms with Gasteiger partial charge in [-0.2, -0.15) is 5.10 Å². The maximum Gasteiger partial charge on any atom is 0.277 e. The average Bonchev–Trinajstić information content (AvgIpc) is 2.61. The highest BCUT2D eigenvalue weighted by Gasteiger charge is 2.05. The number of halogens is 1. The number of amides is 1. The van der Waals surface area contributed by atoms with Gasteiger partial charge < -0.3 is 14.2 Å². The van der Waals surface area contributed by atoms with E-state index < -0.39 is 5.91 Å². The largest absolute Gasteiger partial charge is 0.493 e. The molecule has 7 heteroatoms. The van der Waals surface area contributed by atoms with E-state index in [1.165, 1.54) is 6.21 Å². The topological polar surface area (TPSA) is 69.2 Å². The molecule has 2 rings (SSSR count). The van der Waals surface area contributed by atoms with Crippen LogP contribution < -0.4 is 19.6 Å². The third kappa shape index (κ3) is 4.89. The van der Waals surface area contributed by atoms with Gasteiger partial charge in [0.2, 0.25) is 0 Å². The van der Waals surface area contributed by atoms with Crippen molar-refractivity contribution in [3.05, 3.63) is 53.1 Å². The van der Waals surface area contributed by atoms with Gasteiger partial charge in [0.15, 0.2) is 18.1 Å². The Bertz CT molecular complexity index is 734. The molecule has 0 heterocycles. The van der Waals surface area contributed by atoms with Crippen LogP contribution in [-0.4, -0.2) is 32.9 Å². The summed E-state index contributed by atoms with van der Waals surface area (Å²) in [5, 5.41) is 4.32. The van der Waals surface area contributed by atoms with Crippen molar-refractivity contribution in [2.75, 3.05) is 20.8 Å². The fourth-order valence-electron chi connectivity index (χ4n) is 1.85. The summed E-state index contributed by atoms with van der Waals surface area (Å²) in [6, 6.07) is 12.2. The maximum atomic E-state index is 11.7. The molecule has 0 saturated heterocycles. The van der Waals surface area contributed by atoms with Gasteiger partial charge in [-0.15, -0.1) is 0 Å². The van der Waals surface area contributed by atoms with Crippen molar-refractivity contribution in [3.8, 4) is 17.2 Å². The lowest BCUT2D eigenvalue weighted by Crippen LogP contribution is -2.24. The fraction of sp³-hybridized carbons (Fsp3) is 0.176. The predicted octanol–water partition coefficient (Wildman–Crippen LogP) is 2.89. The number of hydrogen-bond acceptors (Lipinski definition) is 5. The molecule has 0 saturated carbocycles. The van der Waals surface area contributed by atoms with Crippen LogP contribution in [0.5, 0.6) is 17.2 Å². The Morgan fingerprint density at radius 1 is 1.12 bits per heavy atom. The van der Waals surface area contributed by atoms with Crippen molar-refractivity contribution in [2.45, 2.75) is 0 Å². The maximum absolute atomic E-state index is 11.7. The van der Waals surface area contributed by atoms with Crippen molar-refractivity contribution in [1.29, 1.82) is 0 Å². The molecule has 1 N–H and O–H groups in total. The smallest absolute Gasteiger partial charge is 0.277 e. The van der Waals surface area contributed by atoms with Gasteiger partial charge in [0, 0.05) is 0 Å². The van der Waals surface area contributed by atoms with Crippen LogP contribution in [0.15, 0.2) is 47.6 Å². The molecule has 24 heavy (non-hydrogen) atoms. The first-order chi connectivity index (χ1) is 11.6. The Balaban J connectivity index is 1.87. The standard InChI is InChI=1S/C17H17ClN2O4/c1-22-15-8-7-12(9-16(15)23-2)10-19-20-17(21)11-24-14-6-4-3-5-13(14)18/h3-10H,11H2,1-2H3,(H,20,21)/b19-10-. The molecule has 2 aromatic rings. The SMILES string of the molecule is COc1ccc(/C=N\NC(=O)COc2ccccc2Cl)cc1OC. The van der Waals surface area contributed by atoms with Crippen molar-refractivity contribution in [1.82, 2.24) is 5.43 Å². The van der Waals surface area contributed by atoms with Gasteiger partial charge in [0.25, 0.3) is 5.91 Å². The Kier molecular flexibility index (Phi) is 6.45. The number of hydrogen-bond donors (Lipinski definition) is 1. The first-order valence-corrected chi connectivity index (χ1v) is 7.43. The monoisotopic (exact) mass is 348 g/mol. The molecule has 0 atom stereocenters. The van der Waals surface area contributed by atoms with Crippen LogP contribution in [0.2, 0.25) is 5.02 Å². The molecule has 2 aromatic carbocycles. The number of hydrazone groups is 1. The normalized spacial score (nSPS) is 10.5. The van der Waals surface area contributed by atoms with Gasteiger partial charge in [-0.1, -0.05) is 23.7 Å². The number of nitrogens with zero attached hydrogens (tertiary/aromatic N) is 1. The molecular formula is C17H17ClN2O4. The summed E-state index contributed by atoms with van der Waals surface area (Å²) in [7, 11) is 3.11. The summed E-state index contributed by atoms with van der Waals surface area (Å²) in [5.41, 5.74) is 3.13. The molecular weight excluding hydrogens is 332 g/mol. The zero-order valence-electron chi connectivity index (χ0n) is 13.3. The van der Waals surface area contributed by atoms with E-state index in [2.05, 4.69) is 10.5 Å². The number of benzene rings is 2. The number of carbonyl (C=O) groups is 1. The molecule has 0 fully saturated rings. The molecule has 126 valence electrons. The number of carbonyl (C=O) groups excluding carboxylic acids is 1. The highest BCUT2D eigenvalue weighted by molar-refractivity contribution is 6.32. The van der Waals surface area contributed by atoms with E-state index in [0.29, 0.717) is 22.3 Å². The minimum Gasteiger partial charge on any atom is -0.493 e. The third-order valence-electron chi connectivity index (χ3n) is 3.01. The van der Waals surface area contributed by atoms with Gasteiger partial charge in [-0.05, 0) is 35.9 Å². The van der Waals surface area contributed by atoms with Crippen molar-refractivity contribution in [2.24, 2.45) is 5.10 Å². The van der Waals surface area contributed by atoms with Gasteiger partial charge in [-0.25, -0.2) is 5.43 Å². The summed E-state index contributed by atoms with van der Waals surface area (Å²) in [6.07, 6.45) is 1.50. The van der Waals surface area contributed by atoms with Gasteiger partial charge >= 0.3 is 0 Å². The lowest BCUT2D eigenvalue weighted by Gasteiger charge is -2.07. The molecule has 1 amide bonds. The molecule has 0 aliphatic carbocycles. The van der Waals surface area contributed by atoms with Gasteiger partial charge in [-0.3, -0.25) is 4.79 Å². The fourth-order valence-corrected chi connectivity index (χ4v) is 2.04. The quantitative estimate of drug-likeness (QED) is 0.617. The molecule has 0 aliphatic heterocycles. The van der Waals surface area contributed by atoms with Crippen molar-refractivity contribution >= 4 is 23.7 Å². The van der Waals surface area contributed by atoms with Crippen LogP contribution in [0, 0.1) is 0 Å². The zero-order valence-corrected chi connectivity index (χ0v) is 14.0. The van der Waals surface area contributed by atoms with E-state index in [9.17, 15) is 4.79 Å². The number of ether oxygens (including phenoxy) is 3. The lowest BCUT2D eigenvalue weighted by atomic mass is 10.2. The van der Waals surface area contributed by atoms with E-state index >= 15 is 0 Å². The van der Waals surface area contributed by atoms with Crippen molar-refractivity contribution in [3.63, 3.8) is 0 Å². The predicted molar refractivity (Wildman–Crippen MR) is 92.2 cm³/mol. The number of rotatable bonds is 7. The molecule has 0 bridgehead atoms. The van der Waals surface area contributed by atoms with Crippen LogP contribution in [0.3, 0.4) is 0 Å². The zero-order chi connectivity index (χ0) is 17.4.